The second-order valence-electron chi connectivity index (χ2n) is 1.98. The molecule has 1 rings (SSSR count). The first-order valence-corrected chi connectivity index (χ1v) is 5.22. The summed E-state index contributed by atoms with van der Waals surface area (Å²) in [4.78, 5) is 9.88. The first kappa shape index (κ1) is 8.55. The van der Waals surface area contributed by atoms with Gasteiger partial charge in [-0.2, -0.15) is 11.8 Å². The number of nitro groups is 1. The third-order valence-electron chi connectivity index (χ3n) is 1.13. The van der Waals surface area contributed by atoms with E-state index in [1.54, 1.807) is 17.8 Å². The van der Waals surface area contributed by atoms with Gasteiger partial charge >= 0.3 is 5.00 Å². The lowest BCUT2D eigenvalue weighted by atomic mass is 10.4. The van der Waals surface area contributed by atoms with Crippen LogP contribution in [0, 0.1) is 10.1 Å². The lowest BCUT2D eigenvalue weighted by Gasteiger charge is -1.86. The highest BCUT2D eigenvalue weighted by Gasteiger charge is 2.08. The van der Waals surface area contributed by atoms with Gasteiger partial charge in [0.2, 0.25) is 0 Å². The van der Waals surface area contributed by atoms with Gasteiger partial charge in [-0.25, -0.2) is 0 Å². The second-order valence-corrected chi connectivity index (χ2v) is 3.74. The monoisotopic (exact) mass is 189 g/mol. The summed E-state index contributed by atoms with van der Waals surface area (Å²) in [6.07, 6.45) is 1.98. The van der Waals surface area contributed by atoms with Crippen LogP contribution in [0.2, 0.25) is 0 Å². The quantitative estimate of drug-likeness (QED) is 0.542. The molecule has 3 nitrogen and oxygen atoms in total. The molecule has 5 heteroatoms. The first-order valence-electron chi connectivity index (χ1n) is 2.95. The van der Waals surface area contributed by atoms with Crippen molar-refractivity contribution >= 4 is 28.1 Å². The van der Waals surface area contributed by atoms with E-state index in [4.69, 9.17) is 0 Å². The van der Waals surface area contributed by atoms with Crippen molar-refractivity contribution in [1.29, 1.82) is 0 Å². The maximum Gasteiger partial charge on any atom is 0.324 e. The van der Waals surface area contributed by atoms with Gasteiger partial charge in [0.05, 0.1) is 4.92 Å². The van der Waals surface area contributed by atoms with Gasteiger partial charge < -0.3 is 0 Å². The zero-order valence-corrected chi connectivity index (χ0v) is 7.58. The Hall–Kier alpha value is -0.550. The average Bonchev–Trinajstić information content (AvgIpc) is 2.37. The number of hydrogen-bond donors (Lipinski definition) is 0. The number of thioether (sulfide) groups is 1. The third-order valence-corrected chi connectivity index (χ3v) is 2.68. The SMILES string of the molecule is CSCc1csc([N+](=O)[O-])c1. The topological polar surface area (TPSA) is 43.1 Å². The van der Waals surface area contributed by atoms with E-state index in [9.17, 15) is 10.1 Å². The zero-order chi connectivity index (χ0) is 8.27. The Balaban J connectivity index is 2.73. The molecular weight excluding hydrogens is 182 g/mol. The van der Waals surface area contributed by atoms with Crippen molar-refractivity contribution in [1.82, 2.24) is 0 Å². The molecule has 0 aromatic carbocycles. The summed E-state index contributed by atoms with van der Waals surface area (Å²) < 4.78 is 0. The van der Waals surface area contributed by atoms with Crippen molar-refractivity contribution in [3.05, 3.63) is 27.1 Å². The Bertz CT molecular complexity index is 259. The maximum absolute atomic E-state index is 10.2. The molecule has 0 spiro atoms. The molecule has 60 valence electrons. The Morgan fingerprint density at radius 3 is 3.00 bits per heavy atom. The molecule has 0 N–H and O–H groups in total. The van der Waals surface area contributed by atoms with Gasteiger partial charge in [0.1, 0.15) is 0 Å². The van der Waals surface area contributed by atoms with Crippen molar-refractivity contribution in [2.45, 2.75) is 5.75 Å². The largest absolute Gasteiger partial charge is 0.324 e. The normalized spacial score (nSPS) is 9.91. The van der Waals surface area contributed by atoms with E-state index < -0.39 is 0 Å². The lowest BCUT2D eigenvalue weighted by Crippen LogP contribution is -1.81. The molecule has 0 fully saturated rings. The highest BCUT2D eigenvalue weighted by Crippen LogP contribution is 2.24. The summed E-state index contributed by atoms with van der Waals surface area (Å²) in [5, 5.41) is 12.3. The van der Waals surface area contributed by atoms with Gasteiger partial charge in [-0.05, 0) is 11.8 Å². The fraction of sp³-hybridized carbons (Fsp3) is 0.333. The Labute approximate surface area is 72.6 Å². The predicted octanol–water partition coefficient (Wildman–Crippen LogP) is 2.52. The van der Waals surface area contributed by atoms with E-state index in [1.807, 2.05) is 11.6 Å². The molecule has 0 unspecified atom stereocenters. The van der Waals surface area contributed by atoms with Crippen molar-refractivity contribution in [2.24, 2.45) is 0 Å². The van der Waals surface area contributed by atoms with Crippen LogP contribution in [-0.2, 0) is 5.75 Å². The lowest BCUT2D eigenvalue weighted by molar-refractivity contribution is -0.380. The molecule has 1 aromatic heterocycles. The summed E-state index contributed by atoms with van der Waals surface area (Å²) >= 11 is 2.85. The molecule has 1 heterocycles. The van der Waals surface area contributed by atoms with Crippen molar-refractivity contribution in [2.75, 3.05) is 6.26 Å². The molecule has 0 aliphatic heterocycles. The average molecular weight is 189 g/mol. The van der Waals surface area contributed by atoms with Gasteiger partial charge in [0.25, 0.3) is 0 Å². The van der Waals surface area contributed by atoms with Crippen molar-refractivity contribution in [3.8, 4) is 0 Å². The van der Waals surface area contributed by atoms with Crippen molar-refractivity contribution in [3.63, 3.8) is 0 Å². The summed E-state index contributed by atoms with van der Waals surface area (Å²) in [7, 11) is 0. The minimum Gasteiger partial charge on any atom is -0.258 e. The van der Waals surface area contributed by atoms with Crippen LogP contribution < -0.4 is 0 Å². The molecule has 0 aliphatic carbocycles. The maximum atomic E-state index is 10.2. The van der Waals surface area contributed by atoms with Crippen LogP contribution in [0.4, 0.5) is 5.00 Å². The summed E-state index contributed by atoms with van der Waals surface area (Å²) in [5.41, 5.74) is 1.04. The number of rotatable bonds is 3. The van der Waals surface area contributed by atoms with E-state index in [-0.39, 0.29) is 9.92 Å². The van der Waals surface area contributed by atoms with Crippen LogP contribution in [0.3, 0.4) is 0 Å². The van der Waals surface area contributed by atoms with Gasteiger partial charge in [-0.3, -0.25) is 10.1 Å². The minimum absolute atomic E-state index is 0.231. The zero-order valence-electron chi connectivity index (χ0n) is 5.94. The van der Waals surface area contributed by atoms with Gasteiger partial charge in [0.15, 0.2) is 0 Å². The van der Waals surface area contributed by atoms with Crippen LogP contribution in [0.15, 0.2) is 11.4 Å². The molecule has 0 saturated heterocycles. The Morgan fingerprint density at radius 2 is 2.55 bits per heavy atom. The number of nitrogens with zero attached hydrogens (tertiary/aromatic N) is 1. The minimum atomic E-state index is -0.353. The number of thiophene rings is 1. The summed E-state index contributed by atoms with van der Waals surface area (Å²) in [6, 6.07) is 1.63. The third kappa shape index (κ3) is 2.20. The van der Waals surface area contributed by atoms with E-state index in [2.05, 4.69) is 0 Å². The highest BCUT2D eigenvalue weighted by molar-refractivity contribution is 7.97. The molecule has 11 heavy (non-hydrogen) atoms. The fourth-order valence-electron chi connectivity index (χ4n) is 0.701. The number of hydrogen-bond acceptors (Lipinski definition) is 4. The van der Waals surface area contributed by atoms with Crippen LogP contribution in [-0.4, -0.2) is 11.2 Å². The van der Waals surface area contributed by atoms with E-state index in [0.717, 1.165) is 11.3 Å². The smallest absolute Gasteiger partial charge is 0.258 e. The Morgan fingerprint density at radius 1 is 1.82 bits per heavy atom. The standard InChI is InChI=1S/C6H7NO2S2/c1-10-3-5-2-6(7(8)9)11-4-5/h2,4H,3H2,1H3. The van der Waals surface area contributed by atoms with Crippen LogP contribution in [0.1, 0.15) is 5.56 Å². The molecule has 0 atom stereocenters. The van der Waals surface area contributed by atoms with Gasteiger partial charge in [-0.1, -0.05) is 11.3 Å². The predicted molar refractivity (Wildman–Crippen MR) is 48.2 cm³/mol. The van der Waals surface area contributed by atoms with Crippen LogP contribution in [0.5, 0.6) is 0 Å². The van der Waals surface area contributed by atoms with E-state index >= 15 is 0 Å². The first-order chi connectivity index (χ1) is 5.24. The summed E-state index contributed by atoms with van der Waals surface area (Å²) in [6.45, 7) is 0. The molecule has 0 radical (unpaired) electrons. The Kier molecular flexibility index (Phi) is 2.90. The van der Waals surface area contributed by atoms with Crippen LogP contribution >= 0.6 is 23.1 Å². The van der Waals surface area contributed by atoms with E-state index in [0.29, 0.717) is 0 Å². The fourth-order valence-corrected chi connectivity index (χ4v) is 2.04. The molecular formula is C6H7NO2S2. The second kappa shape index (κ2) is 3.73. The van der Waals surface area contributed by atoms with E-state index in [1.165, 1.54) is 11.3 Å². The van der Waals surface area contributed by atoms with Gasteiger partial charge in [-0.15, -0.1) is 0 Å². The molecule has 0 aliphatic rings. The molecule has 0 amide bonds. The van der Waals surface area contributed by atoms with Crippen LogP contribution in [0.25, 0.3) is 0 Å². The molecule has 0 saturated carbocycles. The summed E-state index contributed by atoms with van der Waals surface area (Å²) in [5.74, 6) is 0.852. The highest BCUT2D eigenvalue weighted by atomic mass is 32.2. The van der Waals surface area contributed by atoms with Crippen molar-refractivity contribution < 1.29 is 4.92 Å². The van der Waals surface area contributed by atoms with Gasteiger partial charge in [0, 0.05) is 17.2 Å². The molecule has 1 aromatic rings. The molecule has 0 bridgehead atoms.